The van der Waals surface area contributed by atoms with Crippen LogP contribution in [0.1, 0.15) is 53.6 Å². The molecule has 0 bridgehead atoms. The minimum atomic E-state index is -0.330. The van der Waals surface area contributed by atoms with Gasteiger partial charge in [-0.05, 0) is 42.2 Å². The second kappa shape index (κ2) is 7.66. The number of carbonyl (C=O) groups is 2. The average Bonchev–Trinajstić information content (AvgIpc) is 3.32. The number of hydrogen-bond donors (Lipinski definition) is 1. The number of hydrogen-bond acceptors (Lipinski definition) is 3. The Bertz CT molecular complexity index is 887. The van der Waals surface area contributed by atoms with Crippen LogP contribution in [0.25, 0.3) is 0 Å². The van der Waals surface area contributed by atoms with Gasteiger partial charge in [0.15, 0.2) is 0 Å². The molecule has 0 radical (unpaired) electrons. The standard InChI is InChI=1S/C23H26N2O3/c1-28-19-9-6-8-18(15-19)23(12-4-5-13-23)24-21(26)11-14-25-16-17-7-2-3-10-20(17)22(25)27/h2-3,6-10,15H,4-5,11-14,16H2,1H3,(H,24,26). The Hall–Kier alpha value is -2.82. The van der Waals surface area contributed by atoms with Gasteiger partial charge in [0.1, 0.15) is 5.75 Å². The van der Waals surface area contributed by atoms with Crippen LogP contribution in [0, 0.1) is 0 Å². The van der Waals surface area contributed by atoms with Crippen LogP contribution < -0.4 is 10.1 Å². The summed E-state index contributed by atoms with van der Waals surface area (Å²) in [4.78, 5) is 27.0. The highest BCUT2D eigenvalue weighted by Crippen LogP contribution is 2.39. The lowest BCUT2D eigenvalue weighted by Crippen LogP contribution is -2.44. The van der Waals surface area contributed by atoms with Crippen molar-refractivity contribution in [2.75, 3.05) is 13.7 Å². The number of amides is 2. The smallest absolute Gasteiger partial charge is 0.254 e. The number of methoxy groups -OCH3 is 1. The quantitative estimate of drug-likeness (QED) is 0.835. The Morgan fingerprint density at radius 3 is 2.68 bits per heavy atom. The largest absolute Gasteiger partial charge is 0.497 e. The van der Waals surface area contributed by atoms with Crippen LogP contribution in [0.15, 0.2) is 48.5 Å². The first-order valence-electron chi connectivity index (χ1n) is 9.94. The molecule has 1 saturated carbocycles. The van der Waals surface area contributed by atoms with Gasteiger partial charge >= 0.3 is 0 Å². The summed E-state index contributed by atoms with van der Waals surface area (Å²) in [5.74, 6) is 0.818. The fourth-order valence-electron chi connectivity index (χ4n) is 4.45. The normalized spacial score (nSPS) is 17.5. The molecule has 0 unspecified atom stereocenters. The van der Waals surface area contributed by atoms with Crippen molar-refractivity contribution in [3.05, 3.63) is 65.2 Å². The second-order valence-corrected chi connectivity index (χ2v) is 7.70. The molecule has 5 heteroatoms. The van der Waals surface area contributed by atoms with Crippen molar-refractivity contribution < 1.29 is 14.3 Å². The van der Waals surface area contributed by atoms with Crippen molar-refractivity contribution in [3.63, 3.8) is 0 Å². The molecule has 2 amide bonds. The molecule has 28 heavy (non-hydrogen) atoms. The van der Waals surface area contributed by atoms with Gasteiger partial charge in [-0.25, -0.2) is 0 Å². The minimum Gasteiger partial charge on any atom is -0.497 e. The molecule has 0 atom stereocenters. The third kappa shape index (κ3) is 3.49. The number of rotatable bonds is 6. The summed E-state index contributed by atoms with van der Waals surface area (Å²) in [6.45, 7) is 1.02. The summed E-state index contributed by atoms with van der Waals surface area (Å²) in [6.07, 6.45) is 4.36. The lowest BCUT2D eigenvalue weighted by Gasteiger charge is -2.31. The van der Waals surface area contributed by atoms with Crippen molar-refractivity contribution in [1.82, 2.24) is 10.2 Å². The van der Waals surface area contributed by atoms with Gasteiger partial charge in [-0.2, -0.15) is 0 Å². The highest BCUT2D eigenvalue weighted by molar-refractivity contribution is 5.98. The van der Waals surface area contributed by atoms with E-state index in [-0.39, 0.29) is 17.4 Å². The second-order valence-electron chi connectivity index (χ2n) is 7.70. The first-order valence-corrected chi connectivity index (χ1v) is 9.94. The number of ether oxygens (including phenoxy) is 1. The molecule has 1 aliphatic heterocycles. The molecule has 1 aliphatic carbocycles. The van der Waals surface area contributed by atoms with Crippen LogP contribution in [0.4, 0.5) is 0 Å². The number of carbonyl (C=O) groups excluding carboxylic acids is 2. The van der Waals surface area contributed by atoms with Crippen molar-refractivity contribution in [2.24, 2.45) is 0 Å². The monoisotopic (exact) mass is 378 g/mol. The van der Waals surface area contributed by atoms with E-state index in [1.807, 2.05) is 42.5 Å². The summed E-state index contributed by atoms with van der Waals surface area (Å²) in [7, 11) is 1.66. The zero-order valence-corrected chi connectivity index (χ0v) is 16.2. The van der Waals surface area contributed by atoms with E-state index in [2.05, 4.69) is 11.4 Å². The predicted molar refractivity (Wildman–Crippen MR) is 107 cm³/mol. The molecule has 146 valence electrons. The van der Waals surface area contributed by atoms with Crippen LogP contribution in [0.5, 0.6) is 5.75 Å². The molecule has 2 aromatic carbocycles. The van der Waals surface area contributed by atoms with Gasteiger partial charge in [-0.15, -0.1) is 0 Å². The molecule has 5 nitrogen and oxygen atoms in total. The van der Waals surface area contributed by atoms with E-state index in [4.69, 9.17) is 4.74 Å². The first-order chi connectivity index (χ1) is 13.6. The summed E-state index contributed by atoms with van der Waals surface area (Å²) < 4.78 is 5.37. The van der Waals surface area contributed by atoms with E-state index in [0.717, 1.165) is 48.1 Å². The minimum absolute atomic E-state index is 0.00604. The third-order valence-corrected chi connectivity index (χ3v) is 5.96. The summed E-state index contributed by atoms with van der Waals surface area (Å²) >= 11 is 0. The molecule has 0 saturated heterocycles. The van der Waals surface area contributed by atoms with Crippen molar-refractivity contribution >= 4 is 11.8 Å². The maximum atomic E-state index is 12.8. The Labute approximate surface area is 165 Å². The summed E-state index contributed by atoms with van der Waals surface area (Å²) in [5, 5.41) is 3.29. The molecule has 1 N–H and O–H groups in total. The highest BCUT2D eigenvalue weighted by Gasteiger charge is 2.37. The highest BCUT2D eigenvalue weighted by atomic mass is 16.5. The SMILES string of the molecule is COc1cccc(C2(NC(=O)CCN3Cc4ccccc4C3=O)CCCC2)c1. The third-order valence-electron chi connectivity index (χ3n) is 5.96. The van der Waals surface area contributed by atoms with Crippen LogP contribution in [0.2, 0.25) is 0 Å². The number of nitrogens with zero attached hydrogens (tertiary/aromatic N) is 1. The van der Waals surface area contributed by atoms with Crippen molar-refractivity contribution in [2.45, 2.75) is 44.2 Å². The summed E-state index contributed by atoms with van der Waals surface area (Å²) in [5.41, 5.74) is 2.56. The lowest BCUT2D eigenvalue weighted by atomic mass is 9.87. The number of benzene rings is 2. The zero-order valence-electron chi connectivity index (χ0n) is 16.2. The Morgan fingerprint density at radius 2 is 1.93 bits per heavy atom. The number of nitrogens with one attached hydrogen (secondary N) is 1. The molecular formula is C23H26N2O3. The van der Waals surface area contributed by atoms with Crippen molar-refractivity contribution in [1.29, 1.82) is 0 Å². The van der Waals surface area contributed by atoms with Crippen LogP contribution in [-0.2, 0) is 16.9 Å². The van der Waals surface area contributed by atoms with E-state index < -0.39 is 0 Å². The maximum absolute atomic E-state index is 12.8. The number of fused-ring (bicyclic) bond motifs is 1. The van der Waals surface area contributed by atoms with Gasteiger partial charge in [-0.3, -0.25) is 9.59 Å². The van der Waals surface area contributed by atoms with Crippen LogP contribution in [-0.4, -0.2) is 30.4 Å². The lowest BCUT2D eigenvalue weighted by molar-refractivity contribution is -0.123. The van der Waals surface area contributed by atoms with Gasteiger partial charge in [0.05, 0.1) is 12.6 Å². The first kappa shape index (κ1) is 18.5. The Kier molecular flexibility index (Phi) is 5.07. The topological polar surface area (TPSA) is 58.6 Å². The van der Waals surface area contributed by atoms with E-state index in [0.29, 0.717) is 19.5 Å². The molecule has 1 heterocycles. The van der Waals surface area contributed by atoms with Gasteiger partial charge in [0, 0.05) is 25.1 Å². The van der Waals surface area contributed by atoms with Gasteiger partial charge < -0.3 is 15.0 Å². The molecule has 1 fully saturated rings. The molecule has 0 spiro atoms. The van der Waals surface area contributed by atoms with Gasteiger partial charge in [0.2, 0.25) is 5.91 Å². The Balaban J connectivity index is 1.41. The average molecular weight is 378 g/mol. The van der Waals surface area contributed by atoms with Crippen molar-refractivity contribution in [3.8, 4) is 5.75 Å². The van der Waals surface area contributed by atoms with Gasteiger partial charge in [0.25, 0.3) is 5.91 Å². The van der Waals surface area contributed by atoms with E-state index >= 15 is 0 Å². The van der Waals surface area contributed by atoms with E-state index in [1.165, 1.54) is 0 Å². The molecular weight excluding hydrogens is 352 g/mol. The molecule has 2 aliphatic rings. The fourth-order valence-corrected chi connectivity index (χ4v) is 4.45. The van der Waals surface area contributed by atoms with E-state index in [9.17, 15) is 9.59 Å². The predicted octanol–water partition coefficient (Wildman–Crippen LogP) is 3.63. The zero-order chi connectivity index (χ0) is 19.6. The fraction of sp³-hybridized carbons (Fsp3) is 0.391. The molecule has 2 aromatic rings. The van der Waals surface area contributed by atoms with E-state index in [1.54, 1.807) is 12.0 Å². The van der Waals surface area contributed by atoms with Crippen LogP contribution >= 0.6 is 0 Å². The Morgan fingerprint density at radius 1 is 1.14 bits per heavy atom. The maximum Gasteiger partial charge on any atom is 0.254 e. The summed E-state index contributed by atoms with van der Waals surface area (Å²) in [6, 6.07) is 15.6. The van der Waals surface area contributed by atoms with Gasteiger partial charge in [-0.1, -0.05) is 43.2 Å². The molecule has 0 aromatic heterocycles. The molecule has 4 rings (SSSR count). The van der Waals surface area contributed by atoms with Crippen LogP contribution in [0.3, 0.4) is 0 Å².